The molecule has 0 aliphatic carbocycles. The van der Waals surface area contributed by atoms with Crippen LogP contribution in [0.4, 0.5) is 0 Å². The number of hydrogen-bond acceptors (Lipinski definition) is 6. The van der Waals surface area contributed by atoms with Crippen LogP contribution in [0.15, 0.2) is 53.3 Å². The van der Waals surface area contributed by atoms with Crippen LogP contribution in [-0.4, -0.2) is 26.8 Å². The summed E-state index contributed by atoms with van der Waals surface area (Å²) in [7, 11) is 0. The Morgan fingerprint density at radius 3 is 2.88 bits per heavy atom. The number of nitrogens with zero attached hydrogens (tertiary/aromatic N) is 3. The molecule has 1 aromatic carbocycles. The molecule has 3 aromatic rings. The van der Waals surface area contributed by atoms with Crippen molar-refractivity contribution in [1.82, 2.24) is 20.4 Å². The van der Waals surface area contributed by atoms with E-state index in [2.05, 4.69) is 45.6 Å². The lowest BCUT2D eigenvalue weighted by atomic mass is 10.2. The number of amides is 1. The van der Waals surface area contributed by atoms with E-state index in [1.165, 1.54) is 11.1 Å². The SMILES string of the molecule is Cc1cccc(CSCC(=O)NCc2nc(-c3ccncc3)no2)c1. The second-order valence-electron chi connectivity index (χ2n) is 5.51. The summed E-state index contributed by atoms with van der Waals surface area (Å²) in [6.45, 7) is 2.29. The molecule has 0 saturated heterocycles. The summed E-state index contributed by atoms with van der Waals surface area (Å²) in [6.07, 6.45) is 3.33. The predicted octanol–water partition coefficient (Wildman–Crippen LogP) is 2.99. The average molecular weight is 354 g/mol. The number of carbonyl (C=O) groups excluding carboxylic acids is 1. The lowest BCUT2D eigenvalue weighted by Gasteiger charge is -2.04. The highest BCUT2D eigenvalue weighted by Gasteiger charge is 2.09. The van der Waals surface area contributed by atoms with Gasteiger partial charge < -0.3 is 9.84 Å². The number of pyridine rings is 1. The van der Waals surface area contributed by atoms with Crippen molar-refractivity contribution in [1.29, 1.82) is 0 Å². The Kier molecular flexibility index (Phi) is 5.79. The molecule has 25 heavy (non-hydrogen) atoms. The molecule has 7 heteroatoms. The molecule has 0 atom stereocenters. The smallest absolute Gasteiger partial charge is 0.246 e. The maximum absolute atomic E-state index is 11.9. The van der Waals surface area contributed by atoms with Crippen molar-refractivity contribution in [2.75, 3.05) is 5.75 Å². The summed E-state index contributed by atoms with van der Waals surface area (Å²) in [5, 5.41) is 6.70. The molecule has 1 amide bonds. The average Bonchev–Trinajstić information content (AvgIpc) is 3.10. The first kappa shape index (κ1) is 17.2. The number of aromatic nitrogens is 3. The number of nitrogens with one attached hydrogen (secondary N) is 1. The minimum Gasteiger partial charge on any atom is -0.346 e. The van der Waals surface area contributed by atoms with Crippen molar-refractivity contribution in [3.05, 3.63) is 65.8 Å². The van der Waals surface area contributed by atoms with Gasteiger partial charge in [-0.2, -0.15) is 4.98 Å². The molecule has 0 radical (unpaired) electrons. The van der Waals surface area contributed by atoms with Gasteiger partial charge in [-0.3, -0.25) is 9.78 Å². The summed E-state index contributed by atoms with van der Waals surface area (Å²) in [5.74, 6) is 2.01. The largest absolute Gasteiger partial charge is 0.346 e. The van der Waals surface area contributed by atoms with Crippen LogP contribution in [0.1, 0.15) is 17.0 Å². The van der Waals surface area contributed by atoms with Crippen molar-refractivity contribution >= 4 is 17.7 Å². The molecule has 2 heterocycles. The number of carbonyl (C=O) groups is 1. The summed E-state index contributed by atoms with van der Waals surface area (Å²) in [6, 6.07) is 11.9. The first-order valence-corrected chi connectivity index (χ1v) is 8.99. The van der Waals surface area contributed by atoms with E-state index >= 15 is 0 Å². The lowest BCUT2D eigenvalue weighted by Crippen LogP contribution is -2.24. The van der Waals surface area contributed by atoms with Crippen LogP contribution in [0.25, 0.3) is 11.4 Å². The van der Waals surface area contributed by atoms with Gasteiger partial charge in [-0.25, -0.2) is 0 Å². The van der Waals surface area contributed by atoms with Crippen LogP contribution in [0.5, 0.6) is 0 Å². The summed E-state index contributed by atoms with van der Waals surface area (Å²) in [4.78, 5) is 20.1. The fraction of sp³-hybridized carbons (Fsp3) is 0.222. The molecule has 0 spiro atoms. The number of thioether (sulfide) groups is 1. The number of hydrogen-bond donors (Lipinski definition) is 1. The molecule has 0 saturated carbocycles. The van der Waals surface area contributed by atoms with Gasteiger partial charge in [0.25, 0.3) is 0 Å². The molecule has 128 valence electrons. The molecule has 0 fully saturated rings. The Labute approximate surface area is 150 Å². The van der Waals surface area contributed by atoms with E-state index in [4.69, 9.17) is 4.52 Å². The minimum atomic E-state index is -0.0543. The number of benzene rings is 1. The van der Waals surface area contributed by atoms with Crippen molar-refractivity contribution < 1.29 is 9.32 Å². The number of rotatable bonds is 7. The fourth-order valence-electron chi connectivity index (χ4n) is 2.23. The topological polar surface area (TPSA) is 80.9 Å². The first-order chi connectivity index (χ1) is 12.2. The van der Waals surface area contributed by atoms with E-state index in [0.29, 0.717) is 17.5 Å². The van der Waals surface area contributed by atoms with E-state index in [-0.39, 0.29) is 12.5 Å². The van der Waals surface area contributed by atoms with E-state index in [1.807, 2.05) is 6.07 Å². The fourth-order valence-corrected chi connectivity index (χ4v) is 3.04. The third-order valence-electron chi connectivity index (χ3n) is 3.43. The van der Waals surface area contributed by atoms with Gasteiger partial charge in [-0.1, -0.05) is 35.0 Å². The molecule has 0 unspecified atom stereocenters. The van der Waals surface area contributed by atoms with Gasteiger partial charge in [0.15, 0.2) is 0 Å². The van der Waals surface area contributed by atoms with Crippen LogP contribution in [0.2, 0.25) is 0 Å². The molecule has 6 nitrogen and oxygen atoms in total. The molecule has 3 rings (SSSR count). The van der Waals surface area contributed by atoms with Gasteiger partial charge in [0, 0.05) is 23.7 Å². The highest BCUT2D eigenvalue weighted by atomic mass is 32.2. The molecule has 2 aromatic heterocycles. The monoisotopic (exact) mass is 354 g/mol. The normalized spacial score (nSPS) is 10.6. The number of aryl methyl sites for hydroxylation is 1. The molecule has 1 N–H and O–H groups in total. The van der Waals surface area contributed by atoms with Gasteiger partial charge in [0.2, 0.25) is 17.6 Å². The molecular weight excluding hydrogens is 336 g/mol. The zero-order valence-electron chi connectivity index (χ0n) is 13.8. The second-order valence-corrected chi connectivity index (χ2v) is 6.49. The predicted molar refractivity (Wildman–Crippen MR) is 96.7 cm³/mol. The molecule has 0 aliphatic rings. The lowest BCUT2D eigenvalue weighted by molar-refractivity contribution is -0.118. The quantitative estimate of drug-likeness (QED) is 0.702. The summed E-state index contributed by atoms with van der Waals surface area (Å²) >= 11 is 1.57. The van der Waals surface area contributed by atoms with E-state index < -0.39 is 0 Å². The minimum absolute atomic E-state index is 0.0543. The maximum Gasteiger partial charge on any atom is 0.246 e. The van der Waals surface area contributed by atoms with Crippen molar-refractivity contribution in [3.8, 4) is 11.4 Å². The van der Waals surface area contributed by atoms with Crippen molar-refractivity contribution in [2.45, 2.75) is 19.2 Å². The van der Waals surface area contributed by atoms with E-state index in [0.717, 1.165) is 11.3 Å². The Morgan fingerprint density at radius 1 is 1.24 bits per heavy atom. The van der Waals surface area contributed by atoms with Crippen LogP contribution < -0.4 is 5.32 Å². The summed E-state index contributed by atoms with van der Waals surface area (Å²) < 4.78 is 5.15. The first-order valence-electron chi connectivity index (χ1n) is 7.83. The van der Waals surface area contributed by atoms with Crippen molar-refractivity contribution in [2.24, 2.45) is 0 Å². The Hall–Kier alpha value is -2.67. The molecular formula is C18H18N4O2S. The van der Waals surface area contributed by atoms with Gasteiger partial charge in [-0.15, -0.1) is 11.8 Å². The van der Waals surface area contributed by atoms with Crippen LogP contribution in [0, 0.1) is 6.92 Å². The zero-order valence-corrected chi connectivity index (χ0v) is 14.6. The van der Waals surface area contributed by atoms with Crippen LogP contribution >= 0.6 is 11.8 Å². The highest BCUT2D eigenvalue weighted by Crippen LogP contribution is 2.15. The third-order valence-corrected chi connectivity index (χ3v) is 4.43. The third kappa shape index (κ3) is 5.15. The Morgan fingerprint density at radius 2 is 2.08 bits per heavy atom. The van der Waals surface area contributed by atoms with Gasteiger partial charge in [-0.05, 0) is 24.6 Å². The van der Waals surface area contributed by atoms with Crippen LogP contribution in [0.3, 0.4) is 0 Å². The highest BCUT2D eigenvalue weighted by molar-refractivity contribution is 7.99. The molecule has 0 bridgehead atoms. The molecule has 0 aliphatic heterocycles. The van der Waals surface area contributed by atoms with E-state index in [9.17, 15) is 4.79 Å². The Balaban J connectivity index is 1.43. The van der Waals surface area contributed by atoms with Crippen molar-refractivity contribution in [3.63, 3.8) is 0 Å². The van der Waals surface area contributed by atoms with Crippen LogP contribution in [-0.2, 0) is 17.1 Å². The van der Waals surface area contributed by atoms with Gasteiger partial charge in [0.1, 0.15) is 0 Å². The van der Waals surface area contributed by atoms with Gasteiger partial charge in [0.05, 0.1) is 12.3 Å². The standard InChI is InChI=1S/C18H18N4O2S/c1-13-3-2-4-14(9-13)11-25-12-16(23)20-10-17-21-18(22-24-17)15-5-7-19-8-6-15/h2-9H,10-12H2,1H3,(H,20,23). The second kappa shape index (κ2) is 8.43. The maximum atomic E-state index is 11.9. The van der Waals surface area contributed by atoms with E-state index in [1.54, 1.807) is 36.3 Å². The van der Waals surface area contributed by atoms with Gasteiger partial charge >= 0.3 is 0 Å². The Bertz CT molecular complexity index is 836. The summed E-state index contributed by atoms with van der Waals surface area (Å²) in [5.41, 5.74) is 3.27. The zero-order chi connectivity index (χ0) is 17.5.